The summed E-state index contributed by atoms with van der Waals surface area (Å²) in [6.45, 7) is 10.2. The van der Waals surface area contributed by atoms with E-state index in [1.165, 1.54) is 6.07 Å². The van der Waals surface area contributed by atoms with Crippen LogP contribution in [0.15, 0.2) is 47.3 Å². The molecule has 1 atom stereocenters. The van der Waals surface area contributed by atoms with Gasteiger partial charge in [0.25, 0.3) is 11.5 Å². The Morgan fingerprint density at radius 3 is 2.31 bits per heavy atom. The lowest BCUT2D eigenvalue weighted by Crippen LogP contribution is -2.57. The quantitative estimate of drug-likeness (QED) is 0.439. The SMILES string of the molecule is CC(C)(C)OC(=O)N1CCCC2(CCCN(CC(=O)N3CCN(C(=O)c4cc(Cc5n[nH]c(=O)c6ccccc56)ccc4F)CC3)C2)C1. The molecule has 1 spiro atoms. The molecule has 3 fully saturated rings. The molecule has 3 amide bonds. The Labute approximate surface area is 280 Å². The lowest BCUT2D eigenvalue weighted by molar-refractivity contribution is -0.135. The topological polar surface area (TPSA) is 119 Å². The van der Waals surface area contributed by atoms with Gasteiger partial charge in [-0.15, -0.1) is 0 Å². The van der Waals surface area contributed by atoms with E-state index in [4.69, 9.17) is 4.74 Å². The molecule has 0 saturated carbocycles. The predicted octanol–water partition coefficient (Wildman–Crippen LogP) is 4.05. The number of nitrogens with one attached hydrogen (secondary N) is 1. The summed E-state index contributed by atoms with van der Waals surface area (Å²) in [7, 11) is 0. The molecule has 3 aliphatic heterocycles. The number of halogens is 1. The number of likely N-dealkylation sites (tertiary alicyclic amines) is 2. The molecule has 3 aromatic rings. The highest BCUT2D eigenvalue weighted by Crippen LogP contribution is 2.39. The minimum Gasteiger partial charge on any atom is -0.444 e. The van der Waals surface area contributed by atoms with E-state index >= 15 is 0 Å². The lowest BCUT2D eigenvalue weighted by Gasteiger charge is -2.48. The zero-order valence-corrected chi connectivity index (χ0v) is 28.1. The molecule has 12 heteroatoms. The first-order chi connectivity index (χ1) is 22.9. The number of hydrogen-bond donors (Lipinski definition) is 1. The Bertz CT molecular complexity index is 1740. The first-order valence-corrected chi connectivity index (χ1v) is 16.9. The summed E-state index contributed by atoms with van der Waals surface area (Å²) < 4.78 is 20.6. The van der Waals surface area contributed by atoms with E-state index < -0.39 is 17.3 Å². The van der Waals surface area contributed by atoms with Crippen molar-refractivity contribution in [2.75, 3.05) is 58.9 Å². The normalized spacial score (nSPS) is 20.7. The number of aromatic nitrogens is 2. The van der Waals surface area contributed by atoms with Crippen LogP contribution >= 0.6 is 0 Å². The first kappa shape index (κ1) is 33.6. The van der Waals surface area contributed by atoms with Crippen LogP contribution in [0, 0.1) is 11.2 Å². The lowest BCUT2D eigenvalue weighted by atomic mass is 9.74. The maximum absolute atomic E-state index is 15.0. The number of carbonyl (C=O) groups is 3. The molecule has 1 N–H and O–H groups in total. The molecule has 48 heavy (non-hydrogen) atoms. The summed E-state index contributed by atoms with van der Waals surface area (Å²) >= 11 is 0. The molecule has 1 unspecified atom stereocenters. The van der Waals surface area contributed by atoms with Gasteiger partial charge in [-0.1, -0.05) is 24.3 Å². The third kappa shape index (κ3) is 7.53. The van der Waals surface area contributed by atoms with Crippen LogP contribution in [0.5, 0.6) is 0 Å². The van der Waals surface area contributed by atoms with Gasteiger partial charge >= 0.3 is 6.09 Å². The van der Waals surface area contributed by atoms with Gasteiger partial charge in [0.05, 0.1) is 23.2 Å². The van der Waals surface area contributed by atoms with Gasteiger partial charge in [0.15, 0.2) is 0 Å². The van der Waals surface area contributed by atoms with Gasteiger partial charge in [0.1, 0.15) is 11.4 Å². The number of hydrogen-bond acceptors (Lipinski definition) is 7. The maximum Gasteiger partial charge on any atom is 0.410 e. The van der Waals surface area contributed by atoms with Gasteiger partial charge in [-0.25, -0.2) is 14.3 Å². The summed E-state index contributed by atoms with van der Waals surface area (Å²) in [5.41, 5.74) is 0.442. The van der Waals surface area contributed by atoms with Crippen LogP contribution in [0.25, 0.3) is 10.8 Å². The second kappa shape index (κ2) is 13.7. The van der Waals surface area contributed by atoms with E-state index in [2.05, 4.69) is 15.1 Å². The molecule has 0 radical (unpaired) electrons. The third-order valence-corrected chi connectivity index (χ3v) is 9.74. The van der Waals surface area contributed by atoms with Crippen molar-refractivity contribution >= 4 is 28.7 Å². The summed E-state index contributed by atoms with van der Waals surface area (Å²) in [5.74, 6) is -0.994. The van der Waals surface area contributed by atoms with Crippen LogP contribution < -0.4 is 5.56 Å². The molecule has 4 heterocycles. The fraction of sp³-hybridized carbons (Fsp3) is 0.528. The first-order valence-electron chi connectivity index (χ1n) is 16.9. The molecule has 1 aromatic heterocycles. The number of nitrogens with zero attached hydrogens (tertiary/aromatic N) is 5. The number of benzene rings is 2. The molecular weight excluding hydrogens is 615 g/mol. The minimum atomic E-state index is -0.603. The highest BCUT2D eigenvalue weighted by atomic mass is 19.1. The predicted molar refractivity (Wildman–Crippen MR) is 179 cm³/mol. The van der Waals surface area contributed by atoms with Crippen LogP contribution in [0.3, 0.4) is 0 Å². The Morgan fingerprint density at radius 1 is 0.896 bits per heavy atom. The molecule has 3 saturated heterocycles. The molecule has 6 rings (SSSR count). The number of rotatable bonds is 5. The molecule has 256 valence electrons. The Kier molecular flexibility index (Phi) is 9.55. The number of H-pyrrole nitrogens is 1. The van der Waals surface area contributed by atoms with Crippen molar-refractivity contribution in [2.24, 2.45) is 5.41 Å². The number of aromatic amines is 1. The van der Waals surface area contributed by atoms with E-state index in [9.17, 15) is 23.6 Å². The molecule has 0 aliphatic carbocycles. The van der Waals surface area contributed by atoms with Gasteiger partial charge in [0, 0.05) is 63.0 Å². The zero-order chi connectivity index (χ0) is 34.1. The van der Waals surface area contributed by atoms with Crippen molar-refractivity contribution in [3.8, 4) is 0 Å². The summed E-state index contributed by atoms with van der Waals surface area (Å²) in [5, 5.41) is 7.96. The van der Waals surface area contributed by atoms with E-state index in [1.807, 2.05) is 37.8 Å². The number of fused-ring (bicyclic) bond motifs is 1. The molecule has 0 bridgehead atoms. The van der Waals surface area contributed by atoms with Crippen molar-refractivity contribution < 1.29 is 23.5 Å². The maximum atomic E-state index is 15.0. The van der Waals surface area contributed by atoms with E-state index in [0.29, 0.717) is 74.3 Å². The summed E-state index contributed by atoms with van der Waals surface area (Å²) in [4.78, 5) is 59.3. The summed E-state index contributed by atoms with van der Waals surface area (Å²) in [6.07, 6.45) is 3.98. The van der Waals surface area contributed by atoms with E-state index in [1.54, 1.807) is 34.1 Å². The van der Waals surface area contributed by atoms with Crippen molar-refractivity contribution in [2.45, 2.75) is 58.5 Å². The zero-order valence-electron chi connectivity index (χ0n) is 28.1. The van der Waals surface area contributed by atoms with Gasteiger partial charge in [0.2, 0.25) is 5.91 Å². The van der Waals surface area contributed by atoms with Crippen molar-refractivity contribution in [3.05, 3.63) is 75.5 Å². The van der Waals surface area contributed by atoms with Gasteiger partial charge in [-0.3, -0.25) is 19.3 Å². The minimum absolute atomic E-state index is 0.0208. The molecular formula is C36H45FN6O5. The van der Waals surface area contributed by atoms with Gasteiger partial charge < -0.3 is 19.4 Å². The van der Waals surface area contributed by atoms with Crippen LogP contribution in [-0.4, -0.2) is 112 Å². The standard InChI is InChI=1S/C36H45FN6O5/c1-35(2,3)48-34(47)43-15-7-13-36(24-43)12-6-14-40(23-36)22-31(44)41-16-18-42(19-17-41)33(46)28-20-25(10-11-29(28)37)21-30-26-8-4-5-9-27(26)32(45)39-38-30/h4-5,8-11,20H,6-7,12-19,21-24H2,1-3H3,(H,39,45). The van der Waals surface area contributed by atoms with Crippen LogP contribution in [0.1, 0.15) is 68.1 Å². The number of carbonyl (C=O) groups excluding carboxylic acids is 3. The van der Waals surface area contributed by atoms with Gasteiger partial charge in [-0.05, 0) is 76.8 Å². The highest BCUT2D eigenvalue weighted by molar-refractivity contribution is 5.95. The van der Waals surface area contributed by atoms with Crippen molar-refractivity contribution in [3.63, 3.8) is 0 Å². The number of piperazine rings is 1. The molecule has 3 aliphatic rings. The van der Waals surface area contributed by atoms with Crippen molar-refractivity contribution in [1.29, 1.82) is 0 Å². The number of piperidine rings is 2. The second-order valence-corrected chi connectivity index (χ2v) is 14.5. The largest absolute Gasteiger partial charge is 0.444 e. The van der Waals surface area contributed by atoms with Crippen LogP contribution in [0.4, 0.5) is 9.18 Å². The Balaban J connectivity index is 1.04. The fourth-order valence-electron chi connectivity index (χ4n) is 7.43. The monoisotopic (exact) mass is 660 g/mol. The smallest absolute Gasteiger partial charge is 0.410 e. The van der Waals surface area contributed by atoms with Crippen molar-refractivity contribution in [1.82, 2.24) is 29.8 Å². The highest BCUT2D eigenvalue weighted by Gasteiger charge is 2.42. The van der Waals surface area contributed by atoms with Gasteiger partial charge in [-0.2, -0.15) is 5.10 Å². The average molecular weight is 661 g/mol. The Morgan fingerprint density at radius 2 is 1.58 bits per heavy atom. The Hall–Kier alpha value is -4.32. The number of amides is 3. The number of ether oxygens (including phenoxy) is 1. The van der Waals surface area contributed by atoms with E-state index in [0.717, 1.165) is 38.8 Å². The van der Waals surface area contributed by atoms with E-state index in [-0.39, 0.29) is 28.5 Å². The fourth-order valence-corrected chi connectivity index (χ4v) is 7.43. The third-order valence-electron chi connectivity index (χ3n) is 9.74. The average Bonchev–Trinajstić information content (AvgIpc) is 3.06. The second-order valence-electron chi connectivity index (χ2n) is 14.5. The molecule has 11 nitrogen and oxygen atoms in total. The van der Waals surface area contributed by atoms with Crippen LogP contribution in [0.2, 0.25) is 0 Å². The van der Waals surface area contributed by atoms with Crippen LogP contribution in [-0.2, 0) is 16.0 Å². The molecule has 2 aromatic carbocycles. The summed E-state index contributed by atoms with van der Waals surface area (Å²) in [6, 6.07) is 11.6.